The Morgan fingerprint density at radius 3 is 2.54 bits per heavy atom. The van der Waals surface area contributed by atoms with Crippen LogP contribution in [0.1, 0.15) is 34.4 Å². The van der Waals surface area contributed by atoms with Gasteiger partial charge in [0.2, 0.25) is 0 Å². The average molecular weight is 387 g/mol. The zero-order valence-corrected chi connectivity index (χ0v) is 17.9. The number of piperazine rings is 1. The van der Waals surface area contributed by atoms with E-state index in [-0.39, 0.29) is 6.61 Å². The molecule has 3 rings (SSSR count). The molecule has 1 aliphatic heterocycles. The predicted octanol–water partition coefficient (Wildman–Crippen LogP) is 2.42. The van der Waals surface area contributed by atoms with Crippen LogP contribution in [0.3, 0.4) is 0 Å². The molecule has 0 aliphatic carbocycles. The van der Waals surface area contributed by atoms with Gasteiger partial charge in [0.25, 0.3) is 0 Å². The SMILES string of the molecule is COc1ccc(CN2CCN(Cc3cn(C)nc3C)C[C@@H]2CCO)c(C)c1C. The number of methoxy groups -OCH3 is 1. The van der Waals surface area contributed by atoms with Crippen LogP contribution in [-0.2, 0) is 20.1 Å². The first kappa shape index (κ1) is 20.8. The first-order chi connectivity index (χ1) is 13.4. The molecule has 6 heteroatoms. The molecule has 0 saturated carbocycles. The van der Waals surface area contributed by atoms with Crippen molar-refractivity contribution in [3.63, 3.8) is 0 Å². The summed E-state index contributed by atoms with van der Waals surface area (Å²) in [7, 11) is 3.70. The van der Waals surface area contributed by atoms with Crippen LogP contribution in [0.2, 0.25) is 0 Å². The molecule has 6 nitrogen and oxygen atoms in total. The molecular weight excluding hydrogens is 352 g/mol. The molecule has 1 saturated heterocycles. The molecule has 1 N–H and O–H groups in total. The summed E-state index contributed by atoms with van der Waals surface area (Å²) in [6, 6.07) is 4.61. The van der Waals surface area contributed by atoms with Gasteiger partial charge in [0.15, 0.2) is 0 Å². The molecule has 154 valence electrons. The van der Waals surface area contributed by atoms with Gasteiger partial charge in [0.05, 0.1) is 12.8 Å². The number of benzene rings is 1. The summed E-state index contributed by atoms with van der Waals surface area (Å²) < 4.78 is 7.34. The summed E-state index contributed by atoms with van der Waals surface area (Å²) in [6.45, 7) is 11.5. The van der Waals surface area contributed by atoms with Crippen LogP contribution < -0.4 is 4.74 Å². The van der Waals surface area contributed by atoms with E-state index in [0.29, 0.717) is 6.04 Å². The van der Waals surface area contributed by atoms with Gasteiger partial charge in [-0.05, 0) is 49.9 Å². The fraction of sp³-hybridized carbons (Fsp3) is 0.591. The molecule has 0 unspecified atom stereocenters. The number of aliphatic hydroxyl groups is 1. The van der Waals surface area contributed by atoms with Gasteiger partial charge in [-0.3, -0.25) is 14.5 Å². The topological polar surface area (TPSA) is 53.8 Å². The second kappa shape index (κ2) is 9.07. The highest BCUT2D eigenvalue weighted by atomic mass is 16.5. The first-order valence-corrected chi connectivity index (χ1v) is 10.1. The van der Waals surface area contributed by atoms with Crippen LogP contribution in [0.15, 0.2) is 18.3 Å². The summed E-state index contributed by atoms with van der Waals surface area (Å²) in [5.74, 6) is 0.949. The van der Waals surface area contributed by atoms with Crippen molar-refractivity contribution < 1.29 is 9.84 Å². The molecule has 0 radical (unpaired) electrons. The van der Waals surface area contributed by atoms with Crippen molar-refractivity contribution in [2.24, 2.45) is 7.05 Å². The Morgan fingerprint density at radius 2 is 1.89 bits per heavy atom. The Bertz CT molecular complexity index is 802. The summed E-state index contributed by atoms with van der Waals surface area (Å²) >= 11 is 0. The summed E-state index contributed by atoms with van der Waals surface area (Å²) in [5, 5.41) is 14.1. The minimum Gasteiger partial charge on any atom is -0.496 e. The van der Waals surface area contributed by atoms with E-state index in [0.717, 1.165) is 50.6 Å². The molecule has 2 aromatic rings. The van der Waals surface area contributed by atoms with Crippen LogP contribution in [0.5, 0.6) is 5.75 Å². The van der Waals surface area contributed by atoms with Gasteiger partial charge in [0.1, 0.15) is 5.75 Å². The minimum atomic E-state index is 0.224. The van der Waals surface area contributed by atoms with E-state index in [1.165, 1.54) is 22.3 Å². The summed E-state index contributed by atoms with van der Waals surface area (Å²) in [4.78, 5) is 5.02. The Balaban J connectivity index is 1.69. The zero-order valence-electron chi connectivity index (χ0n) is 17.9. The van der Waals surface area contributed by atoms with Crippen LogP contribution in [0, 0.1) is 20.8 Å². The Morgan fingerprint density at radius 1 is 1.11 bits per heavy atom. The molecule has 1 aromatic carbocycles. The van der Waals surface area contributed by atoms with E-state index in [1.807, 2.05) is 11.7 Å². The summed E-state index contributed by atoms with van der Waals surface area (Å²) in [5.41, 5.74) is 6.26. The van der Waals surface area contributed by atoms with Gasteiger partial charge < -0.3 is 9.84 Å². The van der Waals surface area contributed by atoms with Gasteiger partial charge in [-0.2, -0.15) is 5.10 Å². The molecule has 0 spiro atoms. The largest absolute Gasteiger partial charge is 0.496 e. The molecule has 1 fully saturated rings. The number of aromatic nitrogens is 2. The van der Waals surface area contributed by atoms with Gasteiger partial charge in [-0.1, -0.05) is 6.07 Å². The predicted molar refractivity (Wildman–Crippen MR) is 112 cm³/mol. The molecule has 0 amide bonds. The summed E-state index contributed by atoms with van der Waals surface area (Å²) in [6.07, 6.45) is 2.92. The normalized spacial score (nSPS) is 18.6. The number of aryl methyl sites for hydroxylation is 2. The van der Waals surface area contributed by atoms with Crippen LogP contribution in [0.4, 0.5) is 0 Å². The van der Waals surface area contributed by atoms with Crippen LogP contribution in [-0.4, -0.2) is 64.1 Å². The molecule has 2 heterocycles. The standard InChI is InChI=1S/C22H34N4O2/c1-16-17(2)22(28-5)7-6-19(16)14-26-10-9-25(15-21(26)8-11-27)13-20-12-24(4)23-18(20)3/h6-7,12,21,27H,8-11,13-15H2,1-5H3/t21-/m0/s1. The lowest BCUT2D eigenvalue weighted by Gasteiger charge is -2.41. The maximum atomic E-state index is 9.62. The van der Waals surface area contributed by atoms with Gasteiger partial charge in [-0.25, -0.2) is 0 Å². The quantitative estimate of drug-likeness (QED) is 0.792. The molecule has 0 bridgehead atoms. The second-order valence-corrected chi connectivity index (χ2v) is 7.96. The molecular formula is C22H34N4O2. The number of ether oxygens (including phenoxy) is 1. The zero-order chi connectivity index (χ0) is 20.3. The van der Waals surface area contributed by atoms with Crippen molar-refractivity contribution in [2.75, 3.05) is 33.4 Å². The number of rotatable bonds is 7. The van der Waals surface area contributed by atoms with E-state index in [4.69, 9.17) is 4.74 Å². The van der Waals surface area contributed by atoms with Gasteiger partial charge >= 0.3 is 0 Å². The lowest BCUT2D eigenvalue weighted by Crippen LogP contribution is -2.52. The van der Waals surface area contributed by atoms with E-state index < -0.39 is 0 Å². The molecule has 28 heavy (non-hydrogen) atoms. The average Bonchev–Trinajstić information content (AvgIpc) is 2.98. The Kier molecular flexibility index (Phi) is 6.75. The fourth-order valence-corrected chi connectivity index (χ4v) is 4.24. The Labute approximate surface area is 168 Å². The van der Waals surface area contributed by atoms with Crippen LogP contribution >= 0.6 is 0 Å². The second-order valence-electron chi connectivity index (χ2n) is 7.96. The first-order valence-electron chi connectivity index (χ1n) is 10.1. The Hall–Kier alpha value is -1.89. The van der Waals surface area contributed by atoms with Crippen molar-refractivity contribution >= 4 is 0 Å². The maximum absolute atomic E-state index is 9.62. The molecule has 1 atom stereocenters. The van der Waals surface area contributed by atoms with Crippen molar-refractivity contribution in [1.29, 1.82) is 0 Å². The highest BCUT2D eigenvalue weighted by Gasteiger charge is 2.27. The minimum absolute atomic E-state index is 0.224. The number of hydrogen-bond acceptors (Lipinski definition) is 5. The monoisotopic (exact) mass is 386 g/mol. The fourth-order valence-electron chi connectivity index (χ4n) is 4.24. The third-order valence-electron chi connectivity index (χ3n) is 6.10. The number of nitrogens with zero attached hydrogens (tertiary/aromatic N) is 4. The highest BCUT2D eigenvalue weighted by molar-refractivity contribution is 5.43. The van der Waals surface area contributed by atoms with E-state index in [9.17, 15) is 5.11 Å². The van der Waals surface area contributed by atoms with Crippen molar-refractivity contribution in [2.45, 2.75) is 46.3 Å². The van der Waals surface area contributed by atoms with Gasteiger partial charge in [-0.15, -0.1) is 0 Å². The van der Waals surface area contributed by atoms with E-state index >= 15 is 0 Å². The van der Waals surface area contributed by atoms with Crippen molar-refractivity contribution in [1.82, 2.24) is 19.6 Å². The number of aliphatic hydroxyl groups excluding tert-OH is 1. The van der Waals surface area contributed by atoms with Crippen molar-refractivity contribution in [3.05, 3.63) is 46.3 Å². The highest BCUT2D eigenvalue weighted by Crippen LogP contribution is 2.26. The molecule has 1 aromatic heterocycles. The van der Waals surface area contributed by atoms with Gasteiger partial charge in [0, 0.05) is 64.2 Å². The third kappa shape index (κ3) is 4.57. The van der Waals surface area contributed by atoms with Crippen LogP contribution in [0.25, 0.3) is 0 Å². The van der Waals surface area contributed by atoms with E-state index in [2.05, 4.69) is 54.0 Å². The maximum Gasteiger partial charge on any atom is 0.122 e. The lowest BCUT2D eigenvalue weighted by molar-refractivity contribution is 0.0497. The third-order valence-corrected chi connectivity index (χ3v) is 6.10. The smallest absolute Gasteiger partial charge is 0.122 e. The van der Waals surface area contributed by atoms with Crippen molar-refractivity contribution in [3.8, 4) is 5.75 Å². The lowest BCUT2D eigenvalue weighted by atomic mass is 10.00. The number of hydrogen-bond donors (Lipinski definition) is 1. The molecule has 1 aliphatic rings. The van der Waals surface area contributed by atoms with E-state index in [1.54, 1.807) is 7.11 Å².